The van der Waals surface area contributed by atoms with Gasteiger partial charge in [-0.2, -0.15) is 0 Å². The molecule has 0 bridgehead atoms. The largest absolute Gasteiger partial charge is 0.506 e. The van der Waals surface area contributed by atoms with E-state index in [-0.39, 0.29) is 11.3 Å². The lowest BCUT2D eigenvalue weighted by molar-refractivity contribution is 0.0693. The smallest absolute Gasteiger partial charge is 0.339 e. The molecule has 2 aliphatic carbocycles. The van der Waals surface area contributed by atoms with Crippen LogP contribution in [-0.2, 0) is 0 Å². The molecular formula is C17H14O3. The van der Waals surface area contributed by atoms with Crippen LogP contribution in [0.5, 0.6) is 5.75 Å². The Hall–Kier alpha value is -2.55. The number of phenols is 1. The van der Waals surface area contributed by atoms with Crippen LogP contribution in [-0.4, -0.2) is 16.2 Å². The first kappa shape index (κ1) is 12.5. The number of carbonyl (C=O) groups is 1. The van der Waals surface area contributed by atoms with Gasteiger partial charge in [-0.1, -0.05) is 36.5 Å². The molecule has 0 heterocycles. The van der Waals surface area contributed by atoms with E-state index in [1.54, 1.807) is 6.07 Å². The van der Waals surface area contributed by atoms with E-state index in [0.29, 0.717) is 12.0 Å². The zero-order chi connectivity index (χ0) is 14.1. The first-order valence-corrected chi connectivity index (χ1v) is 6.49. The van der Waals surface area contributed by atoms with Gasteiger partial charge in [0, 0.05) is 5.56 Å². The standard InChI is InChI=1S/C17H14O3/c18-16-14(12-7-3-4-8-12)9-13(10-15(16)17(19)20)11-5-1-2-6-11/h1-5,7,9-10,18H,6,8H2,(H,19,20). The number of carboxylic acids is 1. The van der Waals surface area contributed by atoms with Gasteiger partial charge in [0.15, 0.2) is 0 Å². The molecule has 100 valence electrons. The third-order valence-electron chi connectivity index (χ3n) is 3.60. The van der Waals surface area contributed by atoms with Crippen molar-refractivity contribution in [2.24, 2.45) is 0 Å². The van der Waals surface area contributed by atoms with Crippen LogP contribution in [0.2, 0.25) is 0 Å². The fraction of sp³-hybridized carbons (Fsp3) is 0.118. The van der Waals surface area contributed by atoms with E-state index in [0.717, 1.165) is 23.1 Å². The Morgan fingerprint density at radius 2 is 1.65 bits per heavy atom. The predicted octanol–water partition coefficient (Wildman–Crippen LogP) is 3.78. The molecule has 3 rings (SSSR count). The van der Waals surface area contributed by atoms with Gasteiger partial charge in [0.25, 0.3) is 0 Å². The normalized spacial score (nSPS) is 16.4. The van der Waals surface area contributed by atoms with Crippen molar-refractivity contribution in [3.63, 3.8) is 0 Å². The molecule has 3 nitrogen and oxygen atoms in total. The Morgan fingerprint density at radius 1 is 1.00 bits per heavy atom. The van der Waals surface area contributed by atoms with E-state index in [1.165, 1.54) is 0 Å². The minimum atomic E-state index is -1.11. The molecule has 3 heteroatoms. The lowest BCUT2D eigenvalue weighted by Crippen LogP contribution is -2.01. The summed E-state index contributed by atoms with van der Waals surface area (Å²) in [5.74, 6) is -1.26. The zero-order valence-corrected chi connectivity index (χ0v) is 10.8. The van der Waals surface area contributed by atoms with Crippen LogP contribution in [0.3, 0.4) is 0 Å². The molecule has 1 aromatic carbocycles. The molecule has 0 aromatic heterocycles. The molecule has 1 aromatic rings. The molecule has 0 atom stereocenters. The lowest BCUT2D eigenvalue weighted by atomic mass is 9.94. The molecule has 0 unspecified atom stereocenters. The van der Waals surface area contributed by atoms with Gasteiger partial charge in [-0.05, 0) is 41.7 Å². The summed E-state index contributed by atoms with van der Waals surface area (Å²) in [4.78, 5) is 11.3. The summed E-state index contributed by atoms with van der Waals surface area (Å²) in [6.45, 7) is 0. The Kier molecular flexibility index (Phi) is 3.03. The molecule has 0 amide bonds. The van der Waals surface area contributed by atoms with Gasteiger partial charge in [-0.3, -0.25) is 0 Å². The van der Waals surface area contributed by atoms with E-state index in [2.05, 4.69) is 0 Å². The number of aromatic hydroxyl groups is 1. The summed E-state index contributed by atoms with van der Waals surface area (Å²) >= 11 is 0. The van der Waals surface area contributed by atoms with Gasteiger partial charge in [-0.25, -0.2) is 4.79 Å². The summed E-state index contributed by atoms with van der Waals surface area (Å²) in [5, 5.41) is 19.5. The highest BCUT2D eigenvalue weighted by atomic mass is 16.4. The second-order valence-electron chi connectivity index (χ2n) is 4.87. The third-order valence-corrected chi connectivity index (χ3v) is 3.60. The van der Waals surface area contributed by atoms with Gasteiger partial charge < -0.3 is 10.2 Å². The summed E-state index contributed by atoms with van der Waals surface area (Å²) in [6, 6.07) is 3.42. The highest BCUT2D eigenvalue weighted by Gasteiger charge is 2.19. The molecule has 2 N–H and O–H groups in total. The van der Waals surface area contributed by atoms with Crippen molar-refractivity contribution < 1.29 is 15.0 Å². The summed E-state index contributed by atoms with van der Waals surface area (Å²) < 4.78 is 0. The number of benzene rings is 1. The van der Waals surface area contributed by atoms with Gasteiger partial charge in [-0.15, -0.1) is 0 Å². The molecular weight excluding hydrogens is 252 g/mol. The van der Waals surface area contributed by atoms with Crippen molar-refractivity contribution in [3.8, 4) is 5.75 Å². The maximum absolute atomic E-state index is 11.3. The van der Waals surface area contributed by atoms with Crippen molar-refractivity contribution >= 4 is 17.1 Å². The van der Waals surface area contributed by atoms with Crippen LogP contribution < -0.4 is 0 Å². The fourth-order valence-electron chi connectivity index (χ4n) is 2.54. The maximum atomic E-state index is 11.3. The first-order valence-electron chi connectivity index (χ1n) is 6.49. The van der Waals surface area contributed by atoms with E-state index in [9.17, 15) is 15.0 Å². The second-order valence-corrected chi connectivity index (χ2v) is 4.87. The van der Waals surface area contributed by atoms with Crippen molar-refractivity contribution in [3.05, 3.63) is 65.3 Å². The molecule has 0 fully saturated rings. The van der Waals surface area contributed by atoms with E-state index in [1.807, 2.05) is 42.5 Å². The van der Waals surface area contributed by atoms with Crippen LogP contribution in [0.4, 0.5) is 0 Å². The minimum Gasteiger partial charge on any atom is -0.506 e. The summed E-state index contributed by atoms with van der Waals surface area (Å²) in [7, 11) is 0. The van der Waals surface area contributed by atoms with Crippen LogP contribution in [0.1, 0.15) is 34.3 Å². The van der Waals surface area contributed by atoms with Crippen molar-refractivity contribution in [2.75, 3.05) is 0 Å². The Labute approximate surface area is 116 Å². The molecule has 0 radical (unpaired) electrons. The monoisotopic (exact) mass is 266 g/mol. The second kappa shape index (κ2) is 4.85. The number of hydrogen-bond donors (Lipinski definition) is 2. The average molecular weight is 266 g/mol. The molecule has 0 saturated carbocycles. The van der Waals surface area contributed by atoms with Gasteiger partial charge in [0.05, 0.1) is 0 Å². The number of hydrogen-bond acceptors (Lipinski definition) is 2. The fourth-order valence-corrected chi connectivity index (χ4v) is 2.54. The first-order chi connectivity index (χ1) is 9.66. The van der Waals surface area contributed by atoms with Gasteiger partial charge in [0.1, 0.15) is 11.3 Å². The highest BCUT2D eigenvalue weighted by molar-refractivity contribution is 5.95. The van der Waals surface area contributed by atoms with Gasteiger partial charge in [0.2, 0.25) is 0 Å². The summed E-state index contributed by atoms with van der Waals surface area (Å²) in [5.41, 5.74) is 3.43. The van der Waals surface area contributed by atoms with Crippen molar-refractivity contribution in [1.29, 1.82) is 0 Å². The van der Waals surface area contributed by atoms with Gasteiger partial charge >= 0.3 is 5.97 Å². The molecule has 0 aliphatic heterocycles. The quantitative estimate of drug-likeness (QED) is 0.875. The van der Waals surface area contributed by atoms with Crippen LogP contribution in [0.15, 0.2) is 48.6 Å². The summed E-state index contributed by atoms with van der Waals surface area (Å²) in [6.07, 6.45) is 13.3. The predicted molar refractivity (Wildman–Crippen MR) is 78.5 cm³/mol. The molecule has 0 spiro atoms. The van der Waals surface area contributed by atoms with Crippen molar-refractivity contribution in [1.82, 2.24) is 0 Å². The highest BCUT2D eigenvalue weighted by Crippen LogP contribution is 2.37. The average Bonchev–Trinajstić information content (AvgIpc) is 3.12. The van der Waals surface area contributed by atoms with E-state index in [4.69, 9.17) is 0 Å². The lowest BCUT2D eigenvalue weighted by Gasteiger charge is -2.12. The van der Waals surface area contributed by atoms with Crippen LogP contribution in [0.25, 0.3) is 11.1 Å². The molecule has 2 aliphatic rings. The topological polar surface area (TPSA) is 57.5 Å². The van der Waals surface area contributed by atoms with Crippen LogP contribution >= 0.6 is 0 Å². The number of rotatable bonds is 3. The molecule has 20 heavy (non-hydrogen) atoms. The third kappa shape index (κ3) is 2.07. The SMILES string of the molecule is O=C(O)c1cc(C2=CC=CC2)cc(C2=CC=CC2)c1O. The Balaban J connectivity index is 2.15. The number of carboxylic acid groups (broad SMARTS) is 1. The van der Waals surface area contributed by atoms with Crippen molar-refractivity contribution in [2.45, 2.75) is 12.8 Å². The molecule has 0 saturated heterocycles. The van der Waals surface area contributed by atoms with Crippen LogP contribution in [0, 0.1) is 0 Å². The Morgan fingerprint density at radius 3 is 2.20 bits per heavy atom. The van der Waals surface area contributed by atoms with E-state index < -0.39 is 5.97 Å². The maximum Gasteiger partial charge on any atom is 0.339 e. The number of aromatic carboxylic acids is 1. The number of allylic oxidation sites excluding steroid dienone is 8. The minimum absolute atomic E-state index is 0.0434. The van der Waals surface area contributed by atoms with E-state index >= 15 is 0 Å². The zero-order valence-electron chi connectivity index (χ0n) is 10.8. The Bertz CT molecular complexity index is 703.